The molecule has 0 atom stereocenters. The van der Waals surface area contributed by atoms with E-state index in [9.17, 15) is 9.59 Å². The average Bonchev–Trinajstić information content (AvgIpc) is 2.47. The third-order valence-corrected chi connectivity index (χ3v) is 4.10. The van der Waals surface area contributed by atoms with E-state index in [-0.39, 0.29) is 23.9 Å². The molecular weight excluding hydrogens is 302 g/mol. The van der Waals surface area contributed by atoms with E-state index in [2.05, 4.69) is 30.1 Å². The van der Waals surface area contributed by atoms with Crippen molar-refractivity contribution in [3.8, 4) is 0 Å². The van der Waals surface area contributed by atoms with Crippen LogP contribution in [0.3, 0.4) is 0 Å². The summed E-state index contributed by atoms with van der Waals surface area (Å²) in [6.45, 7) is 15.4. The summed E-state index contributed by atoms with van der Waals surface area (Å²) in [4.78, 5) is 27.9. The largest absolute Gasteiger partial charge is 0.372 e. The van der Waals surface area contributed by atoms with E-state index >= 15 is 0 Å². The first-order valence-corrected chi connectivity index (χ1v) is 8.53. The fourth-order valence-electron chi connectivity index (χ4n) is 2.73. The van der Waals surface area contributed by atoms with Gasteiger partial charge in [-0.25, -0.2) is 0 Å². The van der Waals surface area contributed by atoms with E-state index in [4.69, 9.17) is 0 Å². The van der Waals surface area contributed by atoms with Crippen molar-refractivity contribution >= 4 is 23.2 Å². The Labute approximate surface area is 146 Å². The summed E-state index contributed by atoms with van der Waals surface area (Å²) in [7, 11) is 0. The van der Waals surface area contributed by atoms with Crippen LogP contribution in [-0.4, -0.2) is 41.9 Å². The highest BCUT2D eigenvalue weighted by Crippen LogP contribution is 2.23. The molecule has 0 aliphatic rings. The Bertz CT molecular complexity index is 587. The van der Waals surface area contributed by atoms with Crippen LogP contribution in [0.1, 0.15) is 47.1 Å². The normalized spacial score (nSPS) is 11.1. The van der Waals surface area contributed by atoms with E-state index in [0.717, 1.165) is 30.0 Å². The van der Waals surface area contributed by atoms with Crippen molar-refractivity contribution in [2.75, 3.05) is 29.9 Å². The molecule has 24 heavy (non-hydrogen) atoms. The maximum Gasteiger partial charge on any atom is 0.244 e. The van der Waals surface area contributed by atoms with Crippen molar-refractivity contribution in [2.45, 2.75) is 54.0 Å². The van der Waals surface area contributed by atoms with Gasteiger partial charge in [-0.2, -0.15) is 0 Å². The highest BCUT2D eigenvalue weighted by atomic mass is 16.2. The second-order valence-electron chi connectivity index (χ2n) is 7.00. The molecule has 0 saturated carbocycles. The zero-order chi connectivity index (χ0) is 18.5. The minimum absolute atomic E-state index is 0.0517. The zero-order valence-electron chi connectivity index (χ0n) is 16.1. The van der Waals surface area contributed by atoms with Crippen molar-refractivity contribution in [2.24, 2.45) is 0 Å². The molecule has 1 aromatic carbocycles. The third-order valence-electron chi connectivity index (χ3n) is 4.10. The van der Waals surface area contributed by atoms with Crippen LogP contribution in [0.15, 0.2) is 18.2 Å². The van der Waals surface area contributed by atoms with Gasteiger partial charge in [0.2, 0.25) is 11.8 Å². The Hall–Kier alpha value is -2.04. The Balaban J connectivity index is 2.86. The van der Waals surface area contributed by atoms with Gasteiger partial charge >= 0.3 is 0 Å². The van der Waals surface area contributed by atoms with Gasteiger partial charge < -0.3 is 15.1 Å². The topological polar surface area (TPSA) is 52.7 Å². The van der Waals surface area contributed by atoms with Crippen LogP contribution in [0.25, 0.3) is 0 Å². The van der Waals surface area contributed by atoms with Crippen molar-refractivity contribution in [3.05, 3.63) is 23.8 Å². The molecule has 1 rings (SSSR count). The van der Waals surface area contributed by atoms with Crippen molar-refractivity contribution < 1.29 is 9.59 Å². The maximum atomic E-state index is 12.3. The highest BCUT2D eigenvalue weighted by molar-refractivity contribution is 5.95. The van der Waals surface area contributed by atoms with Gasteiger partial charge in [-0.05, 0) is 65.3 Å². The number of carbonyl (C=O) groups excluding carboxylic acids is 2. The van der Waals surface area contributed by atoms with Crippen LogP contribution in [0.5, 0.6) is 0 Å². The lowest BCUT2D eigenvalue weighted by Gasteiger charge is -2.34. The van der Waals surface area contributed by atoms with Gasteiger partial charge in [-0.15, -0.1) is 0 Å². The molecule has 2 amide bonds. The predicted molar refractivity (Wildman–Crippen MR) is 101 cm³/mol. The fourth-order valence-corrected chi connectivity index (χ4v) is 2.73. The van der Waals surface area contributed by atoms with Gasteiger partial charge in [0.05, 0.1) is 0 Å². The third kappa shape index (κ3) is 5.25. The van der Waals surface area contributed by atoms with Gasteiger partial charge in [-0.1, -0.05) is 0 Å². The first-order valence-electron chi connectivity index (χ1n) is 8.53. The van der Waals surface area contributed by atoms with E-state index in [1.54, 1.807) is 4.90 Å². The van der Waals surface area contributed by atoms with Crippen molar-refractivity contribution in [1.82, 2.24) is 4.90 Å². The van der Waals surface area contributed by atoms with Crippen LogP contribution in [-0.2, 0) is 9.59 Å². The molecule has 134 valence electrons. The van der Waals surface area contributed by atoms with E-state index in [0.29, 0.717) is 0 Å². The summed E-state index contributed by atoms with van der Waals surface area (Å²) in [5.74, 6) is -0.287. The quantitative estimate of drug-likeness (QED) is 0.868. The maximum absolute atomic E-state index is 12.3. The number of hydrogen-bond donors (Lipinski definition) is 1. The summed E-state index contributed by atoms with van der Waals surface area (Å²) in [6, 6.07) is 6.02. The molecule has 0 bridgehead atoms. The Morgan fingerprint density at radius 1 is 1.12 bits per heavy atom. The standard InChI is InChI=1S/C19H31N3O2/c1-8-21(9-2)16-10-11-17(14(3)12-16)20-18(24)13-22(15(4)23)19(5,6)7/h10-12H,8-9,13H2,1-7H3,(H,20,24). The predicted octanol–water partition coefficient (Wildman–Crippen LogP) is 3.43. The number of carbonyl (C=O) groups is 2. The Morgan fingerprint density at radius 3 is 2.12 bits per heavy atom. The van der Waals surface area contributed by atoms with Crippen molar-refractivity contribution in [3.63, 3.8) is 0 Å². The molecule has 0 fully saturated rings. The molecule has 5 nitrogen and oxygen atoms in total. The summed E-state index contributed by atoms with van der Waals surface area (Å²) in [5, 5.41) is 2.92. The number of amides is 2. The molecule has 5 heteroatoms. The lowest BCUT2D eigenvalue weighted by molar-refractivity contribution is -0.137. The molecule has 1 aromatic rings. The van der Waals surface area contributed by atoms with Crippen LogP contribution in [0, 0.1) is 6.92 Å². The summed E-state index contributed by atoms with van der Waals surface area (Å²) in [6.07, 6.45) is 0. The van der Waals surface area contributed by atoms with E-state index in [1.165, 1.54) is 6.92 Å². The monoisotopic (exact) mass is 333 g/mol. The molecule has 0 aliphatic heterocycles. The Morgan fingerprint density at radius 2 is 1.71 bits per heavy atom. The molecule has 0 heterocycles. The van der Waals surface area contributed by atoms with E-state index < -0.39 is 0 Å². The molecule has 0 aromatic heterocycles. The molecule has 1 N–H and O–H groups in total. The van der Waals surface area contributed by atoms with E-state index in [1.807, 2.05) is 39.8 Å². The smallest absolute Gasteiger partial charge is 0.244 e. The summed E-state index contributed by atoms with van der Waals surface area (Å²) >= 11 is 0. The molecule has 0 aliphatic carbocycles. The van der Waals surface area contributed by atoms with Gasteiger partial charge in [0, 0.05) is 36.9 Å². The number of hydrogen-bond acceptors (Lipinski definition) is 3. The first-order chi connectivity index (χ1) is 11.1. The van der Waals surface area contributed by atoms with Crippen molar-refractivity contribution in [1.29, 1.82) is 0 Å². The SMILES string of the molecule is CCN(CC)c1ccc(NC(=O)CN(C(C)=O)C(C)(C)C)c(C)c1. The molecular formula is C19H31N3O2. The summed E-state index contributed by atoms with van der Waals surface area (Å²) < 4.78 is 0. The fraction of sp³-hybridized carbons (Fsp3) is 0.579. The van der Waals surface area contributed by atoms with Gasteiger partial charge in [0.1, 0.15) is 6.54 Å². The van der Waals surface area contributed by atoms with Crippen LogP contribution < -0.4 is 10.2 Å². The number of benzene rings is 1. The lowest BCUT2D eigenvalue weighted by Crippen LogP contribution is -2.48. The average molecular weight is 333 g/mol. The number of rotatable bonds is 6. The minimum Gasteiger partial charge on any atom is -0.372 e. The zero-order valence-corrected chi connectivity index (χ0v) is 16.1. The first kappa shape index (κ1) is 20.0. The minimum atomic E-state index is -0.384. The highest BCUT2D eigenvalue weighted by Gasteiger charge is 2.26. The molecule has 0 saturated heterocycles. The number of nitrogens with one attached hydrogen (secondary N) is 1. The molecule has 0 spiro atoms. The lowest BCUT2D eigenvalue weighted by atomic mass is 10.1. The van der Waals surface area contributed by atoms with Crippen LogP contribution >= 0.6 is 0 Å². The van der Waals surface area contributed by atoms with Crippen LogP contribution in [0.2, 0.25) is 0 Å². The number of anilines is 2. The molecule has 0 radical (unpaired) electrons. The molecule has 0 unspecified atom stereocenters. The van der Waals surface area contributed by atoms with Crippen LogP contribution in [0.4, 0.5) is 11.4 Å². The van der Waals surface area contributed by atoms with Gasteiger partial charge in [0.15, 0.2) is 0 Å². The second-order valence-corrected chi connectivity index (χ2v) is 7.00. The number of aryl methyl sites for hydroxylation is 1. The number of nitrogens with zero attached hydrogens (tertiary/aromatic N) is 2. The van der Waals surface area contributed by atoms with Gasteiger partial charge in [0.25, 0.3) is 0 Å². The second kappa shape index (κ2) is 8.18. The summed E-state index contributed by atoms with van der Waals surface area (Å²) in [5.41, 5.74) is 2.56. The Kier molecular flexibility index (Phi) is 6.81. The van der Waals surface area contributed by atoms with Gasteiger partial charge in [-0.3, -0.25) is 9.59 Å².